The third-order valence-electron chi connectivity index (χ3n) is 5.06. The minimum Gasteiger partial charge on any atom is -0.294 e. The summed E-state index contributed by atoms with van der Waals surface area (Å²) in [6.45, 7) is 12.4. The molecule has 0 aliphatic heterocycles. The molecule has 1 unspecified atom stereocenters. The lowest BCUT2D eigenvalue weighted by Crippen LogP contribution is -2.15. The first-order valence-corrected chi connectivity index (χ1v) is 9.13. The normalized spacial score (nSPS) is 19.0. The molecule has 0 aromatic heterocycles. The summed E-state index contributed by atoms with van der Waals surface area (Å²) in [5.74, 6) is 0.850. The summed E-state index contributed by atoms with van der Waals surface area (Å²) in [5, 5.41) is 0. The van der Waals surface area contributed by atoms with Crippen LogP contribution in [0.5, 0.6) is 0 Å². The molecule has 1 aliphatic carbocycles. The van der Waals surface area contributed by atoms with Crippen LogP contribution in [0, 0.1) is 11.8 Å². The molecule has 0 saturated heterocycles. The highest BCUT2D eigenvalue weighted by Gasteiger charge is 2.24. The summed E-state index contributed by atoms with van der Waals surface area (Å²) >= 11 is 0. The topological polar surface area (TPSA) is 17.1 Å². The van der Waals surface area contributed by atoms with Gasteiger partial charge in [-0.15, -0.1) is 6.58 Å². The van der Waals surface area contributed by atoms with Gasteiger partial charge in [0.15, 0.2) is 5.78 Å². The Morgan fingerprint density at radius 1 is 1.27 bits per heavy atom. The molecule has 1 rings (SSSR count). The maximum absolute atomic E-state index is 12.8. The van der Waals surface area contributed by atoms with Gasteiger partial charge < -0.3 is 0 Å². The zero-order chi connectivity index (χ0) is 16.5. The Morgan fingerprint density at radius 3 is 2.41 bits per heavy atom. The van der Waals surface area contributed by atoms with E-state index in [1.54, 1.807) is 6.08 Å². The second-order valence-corrected chi connectivity index (χ2v) is 6.65. The van der Waals surface area contributed by atoms with Crippen molar-refractivity contribution in [1.82, 2.24) is 0 Å². The molecule has 22 heavy (non-hydrogen) atoms. The molecule has 0 heterocycles. The fourth-order valence-corrected chi connectivity index (χ4v) is 3.46. The van der Waals surface area contributed by atoms with Crippen molar-refractivity contribution in [2.45, 2.75) is 79.1 Å². The number of hydrogen-bond acceptors (Lipinski definition) is 1. The van der Waals surface area contributed by atoms with Crippen LogP contribution in [0.2, 0.25) is 0 Å². The van der Waals surface area contributed by atoms with E-state index in [0.29, 0.717) is 5.92 Å². The van der Waals surface area contributed by atoms with Crippen molar-refractivity contribution >= 4 is 5.78 Å². The van der Waals surface area contributed by atoms with E-state index in [4.69, 9.17) is 0 Å². The van der Waals surface area contributed by atoms with Crippen LogP contribution in [0.3, 0.4) is 0 Å². The van der Waals surface area contributed by atoms with Gasteiger partial charge in [-0.1, -0.05) is 64.2 Å². The third kappa shape index (κ3) is 4.97. The number of carbonyl (C=O) groups excluding carboxylic acids is 1. The van der Waals surface area contributed by atoms with Crippen LogP contribution >= 0.6 is 0 Å². The van der Waals surface area contributed by atoms with Crippen molar-refractivity contribution in [2.24, 2.45) is 11.8 Å². The lowest BCUT2D eigenvalue weighted by molar-refractivity contribution is -0.117. The molecule has 0 aromatic rings. The fraction of sp³-hybridized carbons (Fsp3) is 0.667. The quantitative estimate of drug-likeness (QED) is 0.208. The standard InChI is InChI=1S/C21H34O/c1-6-9-10-15-20(21(22)16(4)7-2)19(8-3)17(5)18-13-11-12-14-18/h7,15-16,18H,2,6,8-14H2,1,3-5H3/b19-17+,20-15+. The molecular formula is C21H34O. The van der Waals surface area contributed by atoms with E-state index in [1.165, 1.54) is 43.3 Å². The molecule has 1 aliphatic rings. The van der Waals surface area contributed by atoms with Crippen LogP contribution < -0.4 is 0 Å². The molecule has 1 fully saturated rings. The Labute approximate surface area is 137 Å². The maximum Gasteiger partial charge on any atom is 0.169 e. The van der Waals surface area contributed by atoms with Gasteiger partial charge in [0.1, 0.15) is 0 Å². The maximum atomic E-state index is 12.8. The summed E-state index contributed by atoms with van der Waals surface area (Å²) in [5.41, 5.74) is 3.75. The van der Waals surface area contributed by atoms with E-state index in [2.05, 4.69) is 33.4 Å². The molecule has 1 heteroatoms. The molecule has 0 amide bonds. The monoisotopic (exact) mass is 302 g/mol. The number of hydrogen-bond donors (Lipinski definition) is 0. The molecule has 0 bridgehead atoms. The Kier molecular flexibility index (Phi) is 8.45. The smallest absolute Gasteiger partial charge is 0.169 e. The Bertz CT molecular complexity index is 433. The highest BCUT2D eigenvalue weighted by molar-refractivity contribution is 6.02. The zero-order valence-electron chi connectivity index (χ0n) is 15.1. The number of unbranched alkanes of at least 4 members (excludes halogenated alkanes) is 2. The van der Waals surface area contributed by atoms with Crippen molar-refractivity contribution in [3.8, 4) is 0 Å². The largest absolute Gasteiger partial charge is 0.294 e. The van der Waals surface area contributed by atoms with Gasteiger partial charge in [0.05, 0.1) is 0 Å². The van der Waals surface area contributed by atoms with E-state index in [0.717, 1.165) is 24.8 Å². The van der Waals surface area contributed by atoms with Gasteiger partial charge in [-0.25, -0.2) is 0 Å². The Hall–Kier alpha value is -1.11. The predicted octanol–water partition coefficient (Wildman–Crippen LogP) is 6.41. The molecule has 1 nitrogen and oxygen atoms in total. The number of carbonyl (C=O) groups is 1. The minimum absolute atomic E-state index is 0.0918. The molecule has 1 atom stereocenters. The van der Waals surface area contributed by atoms with Crippen LogP contribution in [0.15, 0.2) is 35.5 Å². The summed E-state index contributed by atoms with van der Waals surface area (Å²) in [7, 11) is 0. The SMILES string of the molecule is C=CC(C)C(=O)C(=C/CCCC)/C(CC)=C(\C)C1CCCC1. The average Bonchev–Trinajstić information content (AvgIpc) is 3.07. The van der Waals surface area contributed by atoms with E-state index < -0.39 is 0 Å². The first kappa shape index (κ1) is 18.9. The number of ketones is 1. The van der Waals surface area contributed by atoms with E-state index in [9.17, 15) is 4.79 Å². The van der Waals surface area contributed by atoms with E-state index in [-0.39, 0.29) is 11.7 Å². The van der Waals surface area contributed by atoms with Gasteiger partial charge in [0, 0.05) is 11.5 Å². The summed E-state index contributed by atoms with van der Waals surface area (Å²) in [6.07, 6.45) is 13.5. The first-order valence-electron chi connectivity index (χ1n) is 9.13. The zero-order valence-corrected chi connectivity index (χ0v) is 15.1. The molecule has 124 valence electrons. The molecule has 0 aromatic carbocycles. The van der Waals surface area contributed by atoms with Gasteiger partial charge in [0.25, 0.3) is 0 Å². The Balaban J connectivity index is 3.14. The lowest BCUT2D eigenvalue weighted by atomic mass is 9.84. The highest BCUT2D eigenvalue weighted by Crippen LogP contribution is 2.35. The van der Waals surface area contributed by atoms with Crippen LogP contribution in [-0.4, -0.2) is 5.78 Å². The number of Topliss-reactive ketones (excluding diaryl/α,β-unsaturated/α-hetero) is 1. The number of rotatable bonds is 9. The van der Waals surface area contributed by atoms with Crippen LogP contribution in [0.4, 0.5) is 0 Å². The van der Waals surface area contributed by atoms with Gasteiger partial charge in [-0.2, -0.15) is 0 Å². The average molecular weight is 303 g/mol. The molecule has 0 N–H and O–H groups in total. The molecule has 0 spiro atoms. The van der Waals surface area contributed by atoms with Gasteiger partial charge in [-0.3, -0.25) is 4.79 Å². The summed E-state index contributed by atoms with van der Waals surface area (Å²) < 4.78 is 0. The molecule has 0 radical (unpaired) electrons. The number of allylic oxidation sites excluding steroid dienone is 5. The Morgan fingerprint density at radius 2 is 1.91 bits per heavy atom. The second-order valence-electron chi connectivity index (χ2n) is 6.65. The van der Waals surface area contributed by atoms with Gasteiger partial charge in [-0.05, 0) is 44.1 Å². The van der Waals surface area contributed by atoms with Crippen molar-refractivity contribution in [3.05, 3.63) is 35.5 Å². The summed E-state index contributed by atoms with van der Waals surface area (Å²) in [6, 6.07) is 0. The lowest BCUT2D eigenvalue weighted by Gasteiger charge is -2.20. The van der Waals surface area contributed by atoms with E-state index in [1.807, 2.05) is 6.92 Å². The highest BCUT2D eigenvalue weighted by atomic mass is 16.1. The van der Waals surface area contributed by atoms with E-state index >= 15 is 0 Å². The van der Waals surface area contributed by atoms with Crippen molar-refractivity contribution in [3.63, 3.8) is 0 Å². The van der Waals surface area contributed by atoms with Gasteiger partial charge >= 0.3 is 0 Å². The summed E-state index contributed by atoms with van der Waals surface area (Å²) in [4.78, 5) is 12.8. The first-order chi connectivity index (χ1) is 10.6. The van der Waals surface area contributed by atoms with Gasteiger partial charge in [0.2, 0.25) is 0 Å². The molecular weight excluding hydrogens is 268 g/mol. The van der Waals surface area contributed by atoms with Crippen molar-refractivity contribution in [2.75, 3.05) is 0 Å². The van der Waals surface area contributed by atoms with Crippen molar-refractivity contribution < 1.29 is 4.79 Å². The fourth-order valence-electron chi connectivity index (χ4n) is 3.46. The van der Waals surface area contributed by atoms with Crippen LogP contribution in [-0.2, 0) is 4.79 Å². The molecule has 1 saturated carbocycles. The second kappa shape index (κ2) is 9.82. The van der Waals surface area contributed by atoms with Crippen molar-refractivity contribution in [1.29, 1.82) is 0 Å². The minimum atomic E-state index is -0.0918. The van der Waals surface area contributed by atoms with Crippen LogP contribution in [0.25, 0.3) is 0 Å². The third-order valence-corrected chi connectivity index (χ3v) is 5.06. The van der Waals surface area contributed by atoms with Crippen LogP contribution in [0.1, 0.15) is 79.1 Å². The predicted molar refractivity (Wildman–Crippen MR) is 96.9 cm³/mol.